The van der Waals surface area contributed by atoms with Crippen molar-refractivity contribution in [3.8, 4) is 22.3 Å². The number of unbranched alkanes of at least 4 members (excludes halogenated alkanes) is 1. The van der Waals surface area contributed by atoms with Crippen LogP contribution >= 0.6 is 0 Å². The number of likely N-dealkylation sites (N-methyl/N-ethyl adjacent to an activating group) is 2. The molecule has 6 fully saturated rings. The number of carboxylic acids is 1. The van der Waals surface area contributed by atoms with Gasteiger partial charge in [-0.1, -0.05) is 18.2 Å². The van der Waals surface area contributed by atoms with Gasteiger partial charge in [0.2, 0.25) is 52.5 Å². The molecule has 8 aromatic rings. The number of fused-ring (bicyclic) bond motifs is 2. The lowest BCUT2D eigenvalue weighted by Crippen LogP contribution is -2.55. The molecule has 11 N–H and O–H groups in total. The second-order valence-corrected chi connectivity index (χ2v) is 36.7. The molecule has 8 aliphatic heterocycles. The first-order valence-corrected chi connectivity index (χ1v) is 47.4. The first-order chi connectivity index (χ1) is 68.9. The van der Waals surface area contributed by atoms with Crippen LogP contribution in [0.5, 0.6) is 0 Å². The van der Waals surface area contributed by atoms with E-state index in [1.165, 1.54) is 42.7 Å². The number of nitrogens with two attached hydrogens (primary N) is 1. The number of aromatic nitrogens is 4. The number of hydrogen-bond donors (Lipinski definition) is 10. The zero-order chi connectivity index (χ0) is 104. The number of nitrogens with zero attached hydrogens (tertiary/aromatic N) is 12. The van der Waals surface area contributed by atoms with Crippen LogP contribution in [0.25, 0.3) is 22.3 Å². The molecule has 6 saturated heterocycles. The fraction of sp³-hybridized carbons (Fsp3) is 0.414. The largest absolute Gasteiger partial charge is 0.481 e. The minimum atomic E-state index is -5.00. The summed E-state index contributed by atoms with van der Waals surface area (Å²) in [5.41, 5.74) is 2.69. The van der Waals surface area contributed by atoms with Crippen molar-refractivity contribution in [1.82, 2.24) is 65.3 Å². The van der Waals surface area contributed by atoms with Gasteiger partial charge in [0.25, 0.3) is 35.4 Å². The Morgan fingerprint density at radius 3 is 1.32 bits per heavy atom. The SMILES string of the molecule is C[C@@H]1CN(c2cc(F)c(-c3ccc(N4CCN(C(=O)CCC(=O)NCCCNc5cccc6c5C(=O)N(C5CCC(=O)NC5=O)C6=O)CC4)nc3)cc2NC(=O)c2c[nH]c(=O)cc2C(F)(F)F)C[C@H](C)N1C.C[C@@H]1CN(c2cc(F)c(-c3ccc(N4CCN(C(=O)CCC(=O)O)CC4)nc3)cc2NC(=O)c2c[nH]c(=O)cc2C(F)(F)F)C[C@H](C)N1C.NCCCCc1cccc2c1C(=O)N(C1CCC(=O)NC1=O)C2=O. The molecule has 0 saturated carbocycles. The number of carbonyl (C=O) groups excluding carboxylic acids is 13. The van der Waals surface area contributed by atoms with Crippen molar-refractivity contribution in [2.24, 2.45) is 5.73 Å². The number of aryl methyl sites for hydroxylation is 1. The Morgan fingerprint density at radius 2 is 0.903 bits per heavy atom. The molecule has 4 aromatic carbocycles. The maximum Gasteiger partial charge on any atom is 0.417 e. The molecule has 0 radical (unpaired) electrons. The van der Waals surface area contributed by atoms with Crippen LogP contribution in [0.4, 0.5) is 75.2 Å². The number of H-pyrrole nitrogens is 2. The maximum absolute atomic E-state index is 16.2. The van der Waals surface area contributed by atoms with Gasteiger partial charge in [0, 0.05) is 213 Å². The summed E-state index contributed by atoms with van der Waals surface area (Å²) in [6, 6.07) is 20.6. The number of rotatable bonds is 27. The molecule has 768 valence electrons. The van der Waals surface area contributed by atoms with Gasteiger partial charge < -0.3 is 71.5 Å². The molecule has 13 amide bonds. The molecular formula is C99H109F8N21O17. The van der Waals surface area contributed by atoms with Gasteiger partial charge in [-0.3, -0.25) is 107 Å². The van der Waals surface area contributed by atoms with E-state index in [1.54, 1.807) is 58.3 Å². The van der Waals surface area contributed by atoms with E-state index in [1.807, 2.05) is 67.5 Å². The molecule has 2 unspecified atom stereocenters. The number of carbonyl (C=O) groups is 14. The summed E-state index contributed by atoms with van der Waals surface area (Å²) in [4.78, 5) is 229. The van der Waals surface area contributed by atoms with Crippen LogP contribution in [0.15, 0.2) is 131 Å². The number of imide groups is 4. The number of halogens is 8. The van der Waals surface area contributed by atoms with Gasteiger partial charge in [0.15, 0.2) is 0 Å². The predicted molar refractivity (Wildman–Crippen MR) is 515 cm³/mol. The summed E-state index contributed by atoms with van der Waals surface area (Å²) in [6.07, 6.45) is -2.93. The lowest BCUT2D eigenvalue weighted by atomic mass is 9.98. The van der Waals surface area contributed by atoms with Gasteiger partial charge in [0.05, 0.1) is 73.7 Å². The number of hydrogen-bond acceptors (Lipinski definition) is 26. The Kier molecular flexibility index (Phi) is 32.9. The topological polar surface area (TPSA) is 481 Å². The Labute approximate surface area is 825 Å². The summed E-state index contributed by atoms with van der Waals surface area (Å²) in [6.45, 7) is 14.2. The van der Waals surface area contributed by atoms with E-state index in [2.05, 4.69) is 61.6 Å². The molecule has 12 heterocycles. The Hall–Kier alpha value is -15.2. The third kappa shape index (κ3) is 24.3. The fourth-order valence-electron chi connectivity index (χ4n) is 18.8. The van der Waals surface area contributed by atoms with Gasteiger partial charge in [-0.2, -0.15) is 26.3 Å². The minimum Gasteiger partial charge on any atom is -0.481 e. The Bertz CT molecular complexity index is 6460. The molecule has 4 aromatic heterocycles. The number of amides is 13. The first kappa shape index (κ1) is 106. The molecule has 16 rings (SSSR count). The van der Waals surface area contributed by atoms with Crippen LogP contribution in [0.1, 0.15) is 177 Å². The van der Waals surface area contributed by atoms with Gasteiger partial charge in [0.1, 0.15) is 35.4 Å². The second-order valence-electron chi connectivity index (χ2n) is 36.7. The first-order valence-electron chi connectivity index (χ1n) is 47.4. The molecule has 6 atom stereocenters. The van der Waals surface area contributed by atoms with Crippen LogP contribution in [0.2, 0.25) is 0 Å². The molecule has 38 nitrogen and oxygen atoms in total. The van der Waals surface area contributed by atoms with Gasteiger partial charge in [-0.25, -0.2) is 18.7 Å². The predicted octanol–water partition coefficient (Wildman–Crippen LogP) is 8.08. The van der Waals surface area contributed by atoms with Crippen molar-refractivity contribution in [3.05, 3.63) is 204 Å². The number of aromatic amines is 2. The number of aliphatic carboxylic acids is 1. The summed E-state index contributed by atoms with van der Waals surface area (Å²) < 4.78 is 115. The van der Waals surface area contributed by atoms with E-state index in [0.29, 0.717) is 174 Å². The third-order valence-corrected chi connectivity index (χ3v) is 27.1. The van der Waals surface area contributed by atoms with Gasteiger partial charge in [-0.05, 0) is 159 Å². The van der Waals surface area contributed by atoms with Crippen molar-refractivity contribution in [2.75, 3.05) is 148 Å². The third-order valence-electron chi connectivity index (χ3n) is 27.1. The Balaban J connectivity index is 0.000000195. The van der Waals surface area contributed by atoms with Crippen LogP contribution in [-0.2, 0) is 57.1 Å². The molecule has 145 heavy (non-hydrogen) atoms. The molecular weight excluding hydrogens is 1910 g/mol. The van der Waals surface area contributed by atoms with Crippen LogP contribution in [0, 0.1) is 11.6 Å². The lowest BCUT2D eigenvalue weighted by Gasteiger charge is -2.44. The highest BCUT2D eigenvalue weighted by molar-refractivity contribution is 6.26. The van der Waals surface area contributed by atoms with E-state index >= 15 is 8.78 Å². The quantitative estimate of drug-likeness (QED) is 0.0132. The van der Waals surface area contributed by atoms with Crippen molar-refractivity contribution in [2.45, 2.75) is 153 Å². The normalized spacial score (nSPS) is 19.4. The van der Waals surface area contributed by atoms with E-state index in [0.717, 1.165) is 28.2 Å². The standard InChI is InChI=1S/C49H53F4N11O8.C33H37F4N7O5.C17H19N3O4/c1-27-25-63(26-28(2)60(27)3)38-22-34(50)31(20-36(38)58-45(69)32-24-57-42(67)21-33(32)49(51,52)53)29-8-10-39(56-23-29)61-16-18-62(19-17-61)43(68)13-12-40(65)55-15-5-14-54-35-7-4-6-30-44(35)48(72)64(47(30)71)37-9-11-41(66)59-46(37)70;1-19-17-44(18-20(2)41(19)3)27-14-25(34)22(12-26(27)40-32(49)23-16-39-29(45)13-24(23)33(35,36)37)21-4-5-28(38-15-21)42-8-10-43(11-9-42)30(46)6-7-31(47)48;18-9-2-1-4-10-5-3-6-11-14(10)17(24)20(16(11)23)12-7-8-13(21)19-15(12)22/h4,6-8,10,20-24,27-28,37,54H,5,9,11-19,25-26H2,1-3H3,(H,55,65)(H,57,67)(H,58,69)(H,59,66,70);4-5,12-16,19-20H,6-11,17-18H2,1-3H3,(H,39,45)(H,40,49)(H,47,48);3,5-6,12H,1-2,4,7-9,18H2,(H,19,21,22)/t27-,28+,37?;19-,20+;. The monoisotopic (exact) mass is 2020 g/mol. The lowest BCUT2D eigenvalue weighted by molar-refractivity contribution is -0.141. The summed E-state index contributed by atoms with van der Waals surface area (Å²) in [5, 5.41) is 24.2. The van der Waals surface area contributed by atoms with E-state index < -0.39 is 129 Å². The van der Waals surface area contributed by atoms with Crippen molar-refractivity contribution < 1.29 is 107 Å². The van der Waals surface area contributed by atoms with Crippen LogP contribution in [0.3, 0.4) is 0 Å². The van der Waals surface area contributed by atoms with Crippen molar-refractivity contribution in [1.29, 1.82) is 0 Å². The second kappa shape index (κ2) is 45.2. The highest BCUT2D eigenvalue weighted by atomic mass is 19.4. The smallest absolute Gasteiger partial charge is 0.417 e. The van der Waals surface area contributed by atoms with E-state index in [9.17, 15) is 103 Å². The maximum atomic E-state index is 16.2. The van der Waals surface area contributed by atoms with Crippen molar-refractivity contribution in [3.63, 3.8) is 0 Å². The fourth-order valence-corrected chi connectivity index (χ4v) is 18.8. The number of benzene rings is 4. The summed E-state index contributed by atoms with van der Waals surface area (Å²) in [7, 11) is 3.92. The van der Waals surface area contributed by atoms with Crippen LogP contribution in [-0.4, -0.2) is 286 Å². The number of pyridine rings is 4. The molecule has 0 bridgehead atoms. The average Bonchev–Trinajstić information content (AvgIpc) is 1.58. The van der Waals surface area contributed by atoms with Gasteiger partial charge >= 0.3 is 18.3 Å². The molecule has 46 heteroatoms. The highest BCUT2D eigenvalue weighted by Crippen LogP contribution is 2.43. The number of piperazine rings is 4. The number of piperidine rings is 2. The van der Waals surface area contributed by atoms with E-state index in [4.69, 9.17) is 10.8 Å². The zero-order valence-corrected chi connectivity index (χ0v) is 80.0. The van der Waals surface area contributed by atoms with Crippen LogP contribution < -0.4 is 68.4 Å². The number of carboxylic acid groups (broad SMARTS) is 1. The molecule has 0 spiro atoms. The molecule has 0 aliphatic carbocycles. The number of nitrogens with one attached hydrogen (secondary N) is 8. The summed E-state index contributed by atoms with van der Waals surface area (Å²) >= 11 is 0. The number of alkyl halides is 6. The Morgan fingerprint density at radius 1 is 0.476 bits per heavy atom. The molecule has 8 aliphatic rings. The minimum absolute atomic E-state index is 0.00865. The zero-order valence-electron chi connectivity index (χ0n) is 80.0. The van der Waals surface area contributed by atoms with Gasteiger partial charge in [-0.15, -0.1) is 0 Å². The highest BCUT2D eigenvalue weighted by Gasteiger charge is 2.49. The van der Waals surface area contributed by atoms with E-state index in [-0.39, 0.29) is 145 Å². The average molecular weight is 2020 g/mol. The number of anilines is 7. The summed E-state index contributed by atoms with van der Waals surface area (Å²) in [5.74, 6) is -8.53. The van der Waals surface area contributed by atoms with Crippen molar-refractivity contribution >= 4 is 123 Å².